The van der Waals surface area contributed by atoms with E-state index in [-0.39, 0.29) is 5.75 Å². The lowest BCUT2D eigenvalue weighted by Gasteiger charge is -2.09. The highest BCUT2D eigenvalue weighted by Gasteiger charge is 2.17. The molecular formula is C29H19F4N3O3. The summed E-state index contributed by atoms with van der Waals surface area (Å²) in [6, 6.07) is 23.0. The van der Waals surface area contributed by atoms with Gasteiger partial charge < -0.3 is 14.8 Å². The van der Waals surface area contributed by atoms with E-state index in [2.05, 4.69) is 15.2 Å². The zero-order valence-corrected chi connectivity index (χ0v) is 20.0. The Morgan fingerprint density at radius 1 is 0.718 bits per heavy atom. The van der Waals surface area contributed by atoms with Crippen molar-refractivity contribution < 1.29 is 31.8 Å². The summed E-state index contributed by atoms with van der Waals surface area (Å²) in [5.74, 6) is 0.0551. The molecule has 0 unspecified atom stereocenters. The van der Waals surface area contributed by atoms with Gasteiger partial charge in [-0.3, -0.25) is 0 Å². The van der Waals surface area contributed by atoms with Crippen LogP contribution in [0.25, 0.3) is 22.4 Å². The Bertz CT molecular complexity index is 1510. The van der Waals surface area contributed by atoms with Crippen LogP contribution in [-0.4, -0.2) is 22.4 Å². The van der Waals surface area contributed by atoms with Crippen molar-refractivity contribution in [2.75, 3.05) is 5.32 Å². The fourth-order valence-corrected chi connectivity index (χ4v) is 3.75. The minimum absolute atomic E-state index is 0.0132. The number of alkyl halides is 2. The van der Waals surface area contributed by atoms with Gasteiger partial charge in [0.2, 0.25) is 0 Å². The molecule has 6 nitrogen and oxygen atoms in total. The van der Waals surface area contributed by atoms with Crippen molar-refractivity contribution >= 4 is 11.7 Å². The van der Waals surface area contributed by atoms with E-state index in [1.54, 1.807) is 48.5 Å². The quantitative estimate of drug-likeness (QED) is 0.216. The third-order valence-corrected chi connectivity index (χ3v) is 5.59. The van der Waals surface area contributed by atoms with E-state index in [0.29, 0.717) is 39.6 Å². The summed E-state index contributed by atoms with van der Waals surface area (Å²) in [7, 11) is 0. The average molecular weight is 533 g/mol. The number of carbonyl (C=O) groups is 1. The summed E-state index contributed by atoms with van der Waals surface area (Å²) in [6.45, 7) is -2.91. The molecule has 0 aliphatic carbocycles. The number of hydrogen-bond acceptors (Lipinski definition) is 4. The lowest BCUT2D eigenvalue weighted by atomic mass is 10.0. The van der Waals surface area contributed by atoms with Gasteiger partial charge in [-0.2, -0.15) is 18.6 Å². The first kappa shape index (κ1) is 25.5. The molecule has 5 aromatic rings. The summed E-state index contributed by atoms with van der Waals surface area (Å²) in [5, 5.41) is 7.14. The molecule has 196 valence electrons. The fraction of sp³-hybridized carbons (Fsp3) is 0.0345. The normalized spacial score (nSPS) is 10.9. The van der Waals surface area contributed by atoms with Crippen molar-refractivity contribution in [3.63, 3.8) is 0 Å². The van der Waals surface area contributed by atoms with Gasteiger partial charge in [0.15, 0.2) is 0 Å². The predicted molar refractivity (Wildman–Crippen MR) is 137 cm³/mol. The molecule has 0 bridgehead atoms. The Morgan fingerprint density at radius 2 is 1.23 bits per heavy atom. The largest absolute Gasteiger partial charge is 0.457 e. The van der Waals surface area contributed by atoms with E-state index in [0.717, 1.165) is 4.68 Å². The van der Waals surface area contributed by atoms with Gasteiger partial charge >= 0.3 is 12.6 Å². The first-order valence-electron chi connectivity index (χ1n) is 11.6. The number of aromatic nitrogens is 2. The van der Waals surface area contributed by atoms with Gasteiger partial charge in [0.25, 0.3) is 0 Å². The zero-order chi connectivity index (χ0) is 27.4. The number of anilines is 1. The molecule has 1 amide bonds. The Hall–Kier alpha value is -5.12. The highest BCUT2D eigenvalue weighted by molar-refractivity contribution is 5.92. The van der Waals surface area contributed by atoms with E-state index in [9.17, 15) is 22.4 Å². The summed E-state index contributed by atoms with van der Waals surface area (Å²) in [5.41, 5.74) is 2.65. The van der Waals surface area contributed by atoms with Crippen molar-refractivity contribution in [1.29, 1.82) is 0 Å². The van der Waals surface area contributed by atoms with Crippen LogP contribution in [0.2, 0.25) is 0 Å². The number of hydrogen-bond donors (Lipinski definition) is 1. The van der Waals surface area contributed by atoms with Gasteiger partial charge in [-0.25, -0.2) is 13.6 Å². The standard InChI is InChI=1S/C29H19F4N3O3/c30-20-5-1-18(2-6-20)26-17-36(35-27(26)19-3-7-21(31)8-4-19)29(37)34-22-9-11-23(12-10-22)38-24-13-15-25(16-14-24)39-28(32)33/h1-17,28H,(H,34,37). The highest BCUT2D eigenvalue weighted by Crippen LogP contribution is 2.32. The summed E-state index contributed by atoms with van der Waals surface area (Å²) < 4.78 is 62.7. The van der Waals surface area contributed by atoms with Crippen LogP contribution in [0.3, 0.4) is 0 Å². The molecule has 0 atom stereocenters. The Kier molecular flexibility index (Phi) is 7.26. The topological polar surface area (TPSA) is 65.4 Å². The molecule has 1 heterocycles. The van der Waals surface area contributed by atoms with Crippen LogP contribution in [0.5, 0.6) is 17.2 Å². The first-order valence-corrected chi connectivity index (χ1v) is 11.6. The zero-order valence-electron chi connectivity index (χ0n) is 20.0. The molecule has 39 heavy (non-hydrogen) atoms. The number of nitrogens with zero attached hydrogens (tertiary/aromatic N) is 2. The third-order valence-electron chi connectivity index (χ3n) is 5.59. The molecule has 0 aliphatic rings. The first-order chi connectivity index (χ1) is 18.8. The second kappa shape index (κ2) is 11.1. The smallest absolute Gasteiger partial charge is 0.387 e. The third kappa shape index (κ3) is 6.24. The maximum absolute atomic E-state index is 13.5. The van der Waals surface area contributed by atoms with Crippen molar-refractivity contribution in [3.05, 3.63) is 115 Å². The van der Waals surface area contributed by atoms with Crippen molar-refractivity contribution in [3.8, 4) is 39.6 Å². The van der Waals surface area contributed by atoms with Crippen LogP contribution >= 0.6 is 0 Å². The maximum Gasteiger partial charge on any atom is 0.387 e. The molecule has 0 saturated heterocycles. The van der Waals surface area contributed by atoms with Crippen LogP contribution in [0.15, 0.2) is 103 Å². The minimum atomic E-state index is -2.91. The lowest BCUT2D eigenvalue weighted by molar-refractivity contribution is -0.0498. The number of rotatable bonds is 7. The van der Waals surface area contributed by atoms with Crippen LogP contribution in [-0.2, 0) is 0 Å². The van der Waals surface area contributed by atoms with Gasteiger partial charge in [-0.05, 0) is 90.5 Å². The van der Waals surface area contributed by atoms with Gasteiger partial charge in [0.05, 0.1) is 0 Å². The van der Waals surface area contributed by atoms with E-state index in [4.69, 9.17) is 4.74 Å². The van der Waals surface area contributed by atoms with Gasteiger partial charge in [0, 0.05) is 23.0 Å². The molecule has 4 aromatic carbocycles. The number of ether oxygens (including phenoxy) is 2. The molecule has 10 heteroatoms. The highest BCUT2D eigenvalue weighted by atomic mass is 19.3. The second-order valence-electron chi connectivity index (χ2n) is 8.26. The van der Waals surface area contributed by atoms with E-state index >= 15 is 0 Å². The van der Waals surface area contributed by atoms with E-state index < -0.39 is 24.3 Å². The molecule has 0 spiro atoms. The summed E-state index contributed by atoms with van der Waals surface area (Å²) >= 11 is 0. The molecule has 1 aromatic heterocycles. The van der Waals surface area contributed by atoms with Crippen molar-refractivity contribution in [2.24, 2.45) is 0 Å². The second-order valence-corrected chi connectivity index (χ2v) is 8.26. The molecule has 0 aliphatic heterocycles. The average Bonchev–Trinajstić information content (AvgIpc) is 3.37. The fourth-order valence-electron chi connectivity index (χ4n) is 3.75. The SMILES string of the molecule is O=C(Nc1ccc(Oc2ccc(OC(F)F)cc2)cc1)n1cc(-c2ccc(F)cc2)c(-c2ccc(F)cc2)n1. The van der Waals surface area contributed by atoms with Crippen molar-refractivity contribution in [1.82, 2.24) is 9.78 Å². The Labute approximate surface area is 220 Å². The number of amides is 1. The molecule has 0 radical (unpaired) electrons. The van der Waals surface area contributed by atoms with Crippen molar-refractivity contribution in [2.45, 2.75) is 6.61 Å². The van der Waals surface area contributed by atoms with Crippen LogP contribution in [0.4, 0.5) is 28.0 Å². The molecule has 5 rings (SSSR count). The summed E-state index contributed by atoms with van der Waals surface area (Å²) in [4.78, 5) is 13.0. The van der Waals surface area contributed by atoms with E-state index in [1.165, 1.54) is 54.7 Å². The molecular weight excluding hydrogens is 514 g/mol. The molecule has 0 saturated carbocycles. The number of halogens is 4. The van der Waals surface area contributed by atoms with Crippen LogP contribution in [0.1, 0.15) is 0 Å². The monoisotopic (exact) mass is 533 g/mol. The Morgan fingerprint density at radius 3 is 1.79 bits per heavy atom. The van der Waals surface area contributed by atoms with Crippen LogP contribution < -0.4 is 14.8 Å². The van der Waals surface area contributed by atoms with Gasteiger partial charge in [-0.15, -0.1) is 0 Å². The number of nitrogens with one attached hydrogen (secondary N) is 1. The summed E-state index contributed by atoms with van der Waals surface area (Å²) in [6.07, 6.45) is 1.51. The predicted octanol–water partition coefficient (Wildman–Crippen LogP) is 7.97. The Balaban J connectivity index is 1.32. The lowest BCUT2D eigenvalue weighted by Crippen LogP contribution is -2.19. The van der Waals surface area contributed by atoms with Gasteiger partial charge in [-0.1, -0.05) is 12.1 Å². The number of benzene rings is 4. The maximum atomic E-state index is 13.5. The van der Waals surface area contributed by atoms with E-state index in [1.807, 2.05) is 0 Å². The molecule has 0 fully saturated rings. The van der Waals surface area contributed by atoms with Crippen LogP contribution in [0, 0.1) is 11.6 Å². The molecule has 1 N–H and O–H groups in total. The number of carbonyl (C=O) groups excluding carboxylic acids is 1. The minimum Gasteiger partial charge on any atom is -0.457 e. The van der Waals surface area contributed by atoms with Gasteiger partial charge in [0.1, 0.15) is 34.6 Å².